The van der Waals surface area contributed by atoms with Gasteiger partial charge < -0.3 is 9.15 Å². The molecule has 0 aliphatic rings. The van der Waals surface area contributed by atoms with Gasteiger partial charge in [0.2, 0.25) is 0 Å². The van der Waals surface area contributed by atoms with Gasteiger partial charge in [-0.25, -0.2) is 0 Å². The maximum Gasteiger partial charge on any atom is 0.269 e. The molecular weight excluding hydrogens is 366 g/mol. The highest BCUT2D eigenvalue weighted by atomic mass is 32.1. The van der Waals surface area contributed by atoms with Crippen molar-refractivity contribution in [2.24, 2.45) is 0 Å². The van der Waals surface area contributed by atoms with Crippen LogP contribution in [0, 0.1) is 10.1 Å². The van der Waals surface area contributed by atoms with Crippen LogP contribution in [0.25, 0.3) is 32.7 Å². The number of furan rings is 1. The van der Waals surface area contributed by atoms with Crippen LogP contribution in [0.4, 0.5) is 5.69 Å². The highest BCUT2D eigenvalue weighted by molar-refractivity contribution is 7.17. The Morgan fingerprint density at radius 1 is 0.889 bits per heavy atom. The van der Waals surface area contributed by atoms with Crippen molar-refractivity contribution < 1.29 is 14.1 Å². The molecule has 0 saturated carbocycles. The van der Waals surface area contributed by atoms with Gasteiger partial charge in [0, 0.05) is 23.3 Å². The zero-order valence-corrected chi connectivity index (χ0v) is 15.0. The Kier molecular flexibility index (Phi) is 4.39. The third-order valence-corrected chi connectivity index (χ3v) is 4.93. The number of nitro benzene ring substituents is 1. The van der Waals surface area contributed by atoms with E-state index in [1.54, 1.807) is 19.2 Å². The highest BCUT2D eigenvalue weighted by Gasteiger charge is 2.14. The van der Waals surface area contributed by atoms with Gasteiger partial charge >= 0.3 is 0 Å². The molecule has 0 N–H and O–H groups in total. The standard InChI is InChI=1S/C19H13N3O4S/c1-25-15-8-4-13(5-9-15)18-20-21-19(27-18)17-11-10-16(26-17)12-2-6-14(7-3-12)22(23)24/h2-11H,1H3. The molecule has 0 atom stereocenters. The van der Waals surface area contributed by atoms with E-state index in [0.29, 0.717) is 16.5 Å². The SMILES string of the molecule is COc1ccc(-c2nnc(-c3ccc(-c4ccc([N+](=O)[O-])cc4)o3)s2)cc1. The Hall–Kier alpha value is -3.52. The number of nitro groups is 1. The second-order valence-corrected chi connectivity index (χ2v) is 6.59. The number of hydrogen-bond donors (Lipinski definition) is 0. The van der Waals surface area contributed by atoms with Crippen LogP contribution < -0.4 is 4.74 Å². The molecule has 0 unspecified atom stereocenters. The van der Waals surface area contributed by atoms with Crippen molar-refractivity contribution in [2.45, 2.75) is 0 Å². The van der Waals surface area contributed by atoms with Crippen molar-refractivity contribution in [3.05, 3.63) is 70.8 Å². The predicted molar refractivity (Wildman–Crippen MR) is 102 cm³/mol. The normalized spacial score (nSPS) is 10.7. The molecule has 0 radical (unpaired) electrons. The van der Waals surface area contributed by atoms with E-state index in [9.17, 15) is 10.1 Å². The number of methoxy groups -OCH3 is 1. The van der Waals surface area contributed by atoms with Gasteiger partial charge in [0.25, 0.3) is 5.69 Å². The molecule has 4 aromatic rings. The third kappa shape index (κ3) is 3.42. The number of nitrogens with zero attached hydrogens (tertiary/aromatic N) is 3. The summed E-state index contributed by atoms with van der Waals surface area (Å²) in [5, 5.41) is 20.6. The average Bonchev–Trinajstić information content (AvgIpc) is 3.38. The maximum absolute atomic E-state index is 10.8. The molecule has 0 fully saturated rings. The second kappa shape index (κ2) is 7.00. The fraction of sp³-hybridized carbons (Fsp3) is 0.0526. The number of rotatable bonds is 5. The Labute approximate surface area is 158 Å². The summed E-state index contributed by atoms with van der Waals surface area (Å²) in [6, 6.07) is 17.4. The number of ether oxygens (including phenoxy) is 1. The van der Waals surface area contributed by atoms with E-state index < -0.39 is 4.92 Å². The molecule has 0 amide bonds. The number of hydrogen-bond acceptors (Lipinski definition) is 7. The molecule has 7 nitrogen and oxygen atoms in total. The fourth-order valence-corrected chi connectivity index (χ4v) is 3.34. The second-order valence-electron chi connectivity index (χ2n) is 5.61. The van der Waals surface area contributed by atoms with Crippen LogP contribution in [0.5, 0.6) is 5.75 Å². The molecule has 0 saturated heterocycles. The molecule has 27 heavy (non-hydrogen) atoms. The lowest BCUT2D eigenvalue weighted by molar-refractivity contribution is -0.384. The van der Waals surface area contributed by atoms with Gasteiger partial charge in [0.15, 0.2) is 10.8 Å². The summed E-state index contributed by atoms with van der Waals surface area (Å²) >= 11 is 1.42. The molecule has 2 aromatic heterocycles. The average molecular weight is 379 g/mol. The lowest BCUT2D eigenvalue weighted by Gasteiger charge is -1.99. The molecule has 2 heterocycles. The van der Waals surface area contributed by atoms with Gasteiger partial charge in [-0.3, -0.25) is 10.1 Å². The largest absolute Gasteiger partial charge is 0.497 e. The summed E-state index contributed by atoms with van der Waals surface area (Å²) in [6.45, 7) is 0. The van der Waals surface area contributed by atoms with Crippen LogP contribution in [0.1, 0.15) is 0 Å². The minimum Gasteiger partial charge on any atom is -0.497 e. The van der Waals surface area contributed by atoms with Gasteiger partial charge in [-0.2, -0.15) is 0 Å². The summed E-state index contributed by atoms with van der Waals surface area (Å²) in [5.41, 5.74) is 1.74. The van der Waals surface area contributed by atoms with E-state index in [1.165, 1.54) is 23.5 Å². The molecule has 4 rings (SSSR count). The maximum atomic E-state index is 10.8. The van der Waals surface area contributed by atoms with Gasteiger partial charge in [0.05, 0.1) is 12.0 Å². The first-order chi connectivity index (χ1) is 13.1. The smallest absolute Gasteiger partial charge is 0.269 e. The zero-order chi connectivity index (χ0) is 18.8. The molecular formula is C19H13N3O4S. The Balaban J connectivity index is 1.58. The molecule has 0 spiro atoms. The Morgan fingerprint density at radius 2 is 1.52 bits per heavy atom. The van der Waals surface area contributed by atoms with Gasteiger partial charge in [-0.15, -0.1) is 10.2 Å². The first-order valence-corrected chi connectivity index (χ1v) is 8.78. The number of non-ortho nitro benzene ring substituents is 1. The summed E-state index contributed by atoms with van der Waals surface area (Å²) in [6.07, 6.45) is 0. The van der Waals surface area contributed by atoms with Gasteiger partial charge in [0.1, 0.15) is 16.5 Å². The predicted octanol–water partition coefficient (Wildman–Crippen LogP) is 5.05. The molecule has 0 aliphatic carbocycles. The Bertz CT molecular complexity index is 1080. The van der Waals surface area contributed by atoms with Crippen molar-refractivity contribution >= 4 is 17.0 Å². The van der Waals surface area contributed by atoms with Crippen LogP contribution in [0.2, 0.25) is 0 Å². The fourth-order valence-electron chi connectivity index (χ4n) is 2.53. The minimum absolute atomic E-state index is 0.0405. The summed E-state index contributed by atoms with van der Waals surface area (Å²) in [7, 11) is 1.62. The monoisotopic (exact) mass is 379 g/mol. The van der Waals surface area contributed by atoms with Crippen LogP contribution in [0.15, 0.2) is 65.1 Å². The molecule has 0 aliphatic heterocycles. The summed E-state index contributed by atoms with van der Waals surface area (Å²) < 4.78 is 11.0. The van der Waals surface area contributed by atoms with Crippen LogP contribution in [-0.2, 0) is 0 Å². The van der Waals surface area contributed by atoms with Crippen molar-refractivity contribution in [3.8, 4) is 38.4 Å². The third-order valence-electron chi connectivity index (χ3n) is 3.94. The molecule has 0 bridgehead atoms. The summed E-state index contributed by atoms with van der Waals surface area (Å²) in [5.74, 6) is 1.99. The topological polar surface area (TPSA) is 91.3 Å². The number of aromatic nitrogens is 2. The molecule has 2 aromatic carbocycles. The van der Waals surface area contributed by atoms with E-state index in [1.807, 2.05) is 36.4 Å². The van der Waals surface area contributed by atoms with E-state index in [0.717, 1.165) is 21.9 Å². The highest BCUT2D eigenvalue weighted by Crippen LogP contribution is 2.34. The van der Waals surface area contributed by atoms with Gasteiger partial charge in [-0.05, 0) is 48.5 Å². The zero-order valence-electron chi connectivity index (χ0n) is 14.2. The first kappa shape index (κ1) is 16.9. The first-order valence-electron chi connectivity index (χ1n) is 7.97. The van der Waals surface area contributed by atoms with E-state index in [-0.39, 0.29) is 5.69 Å². The van der Waals surface area contributed by atoms with Crippen molar-refractivity contribution in [3.63, 3.8) is 0 Å². The van der Waals surface area contributed by atoms with Gasteiger partial charge in [-0.1, -0.05) is 11.3 Å². The van der Waals surface area contributed by atoms with E-state index >= 15 is 0 Å². The van der Waals surface area contributed by atoms with E-state index in [4.69, 9.17) is 9.15 Å². The Morgan fingerprint density at radius 3 is 2.19 bits per heavy atom. The lowest BCUT2D eigenvalue weighted by atomic mass is 10.1. The van der Waals surface area contributed by atoms with Crippen LogP contribution in [-0.4, -0.2) is 22.2 Å². The van der Waals surface area contributed by atoms with Crippen LogP contribution >= 0.6 is 11.3 Å². The number of benzene rings is 2. The molecule has 134 valence electrons. The minimum atomic E-state index is -0.431. The van der Waals surface area contributed by atoms with E-state index in [2.05, 4.69) is 10.2 Å². The van der Waals surface area contributed by atoms with Crippen molar-refractivity contribution in [1.29, 1.82) is 0 Å². The van der Waals surface area contributed by atoms with Crippen molar-refractivity contribution in [2.75, 3.05) is 7.11 Å². The summed E-state index contributed by atoms with van der Waals surface area (Å²) in [4.78, 5) is 10.3. The van der Waals surface area contributed by atoms with Crippen LogP contribution in [0.3, 0.4) is 0 Å². The lowest BCUT2D eigenvalue weighted by Crippen LogP contribution is -1.86. The van der Waals surface area contributed by atoms with Crippen molar-refractivity contribution in [1.82, 2.24) is 10.2 Å². The molecule has 8 heteroatoms. The quantitative estimate of drug-likeness (QED) is 0.356.